The SMILES string of the molecule is CNC1=C(SCc2ccc(N3CCNC3=O)cc2)CCCCC1. The predicted octanol–water partition coefficient (Wildman–Crippen LogP) is 3.84. The van der Waals surface area contributed by atoms with Gasteiger partial charge >= 0.3 is 6.03 Å². The highest BCUT2D eigenvalue weighted by atomic mass is 32.2. The van der Waals surface area contributed by atoms with Gasteiger partial charge in [-0.15, -0.1) is 11.8 Å². The second-order valence-electron chi connectivity index (χ2n) is 6.05. The van der Waals surface area contributed by atoms with Crippen LogP contribution >= 0.6 is 11.8 Å². The third kappa shape index (κ3) is 4.02. The van der Waals surface area contributed by atoms with Crippen LogP contribution in [0.4, 0.5) is 10.5 Å². The molecule has 1 aromatic rings. The van der Waals surface area contributed by atoms with E-state index in [1.165, 1.54) is 48.3 Å². The first-order chi connectivity index (χ1) is 11.3. The fourth-order valence-electron chi connectivity index (χ4n) is 3.14. The molecule has 1 fully saturated rings. The molecule has 1 aromatic carbocycles. The molecule has 2 amide bonds. The summed E-state index contributed by atoms with van der Waals surface area (Å²) in [4.78, 5) is 15.0. The van der Waals surface area contributed by atoms with Crippen molar-refractivity contribution in [2.75, 3.05) is 25.0 Å². The Balaban J connectivity index is 1.62. The number of allylic oxidation sites excluding steroid dienone is 2. The molecule has 1 heterocycles. The van der Waals surface area contributed by atoms with Gasteiger partial charge in [0.25, 0.3) is 0 Å². The summed E-state index contributed by atoms with van der Waals surface area (Å²) in [6.45, 7) is 1.49. The van der Waals surface area contributed by atoms with Crippen LogP contribution in [0.5, 0.6) is 0 Å². The zero-order valence-corrected chi connectivity index (χ0v) is 14.5. The molecular weight excluding hydrogens is 306 g/mol. The van der Waals surface area contributed by atoms with Gasteiger partial charge in [-0.2, -0.15) is 0 Å². The van der Waals surface area contributed by atoms with Crippen LogP contribution in [-0.4, -0.2) is 26.2 Å². The Bertz CT molecular complexity index is 582. The third-order valence-corrected chi connectivity index (χ3v) is 5.76. The molecule has 1 aliphatic carbocycles. The minimum atomic E-state index is 0.00870. The standard InChI is InChI=1S/C18H25N3OS/c1-19-16-5-3-2-4-6-17(16)23-13-14-7-9-15(10-8-14)21-12-11-20-18(21)22/h7-10,19H,2-6,11-13H2,1H3,(H,20,22). The van der Waals surface area contributed by atoms with E-state index in [0.717, 1.165) is 24.5 Å². The Morgan fingerprint density at radius 3 is 2.65 bits per heavy atom. The molecule has 0 bridgehead atoms. The first-order valence-electron chi connectivity index (χ1n) is 8.45. The topological polar surface area (TPSA) is 44.4 Å². The predicted molar refractivity (Wildman–Crippen MR) is 97.7 cm³/mol. The largest absolute Gasteiger partial charge is 0.391 e. The van der Waals surface area contributed by atoms with Gasteiger partial charge in [0.2, 0.25) is 0 Å². The van der Waals surface area contributed by atoms with Gasteiger partial charge in [0.05, 0.1) is 0 Å². The number of urea groups is 1. The van der Waals surface area contributed by atoms with Gasteiger partial charge < -0.3 is 10.6 Å². The van der Waals surface area contributed by atoms with Crippen molar-refractivity contribution in [3.63, 3.8) is 0 Å². The van der Waals surface area contributed by atoms with E-state index in [4.69, 9.17) is 0 Å². The van der Waals surface area contributed by atoms with Crippen molar-refractivity contribution in [1.29, 1.82) is 0 Å². The van der Waals surface area contributed by atoms with Gasteiger partial charge in [0, 0.05) is 42.2 Å². The number of hydrogen-bond acceptors (Lipinski definition) is 3. The molecule has 4 nitrogen and oxygen atoms in total. The number of rotatable bonds is 5. The number of nitrogens with zero attached hydrogens (tertiary/aromatic N) is 1. The number of anilines is 1. The summed E-state index contributed by atoms with van der Waals surface area (Å²) in [7, 11) is 2.04. The summed E-state index contributed by atoms with van der Waals surface area (Å²) >= 11 is 1.96. The highest BCUT2D eigenvalue weighted by Crippen LogP contribution is 2.33. The monoisotopic (exact) mass is 331 g/mol. The van der Waals surface area contributed by atoms with Crippen molar-refractivity contribution >= 4 is 23.5 Å². The molecule has 2 aliphatic rings. The van der Waals surface area contributed by atoms with E-state index in [1.807, 2.05) is 18.8 Å². The first-order valence-corrected chi connectivity index (χ1v) is 9.43. The van der Waals surface area contributed by atoms with Crippen molar-refractivity contribution < 1.29 is 4.79 Å². The van der Waals surface area contributed by atoms with Crippen LogP contribution in [0.15, 0.2) is 34.9 Å². The summed E-state index contributed by atoms with van der Waals surface area (Å²) in [5, 5.41) is 6.23. The molecular formula is C18H25N3OS. The van der Waals surface area contributed by atoms with Crippen molar-refractivity contribution in [2.45, 2.75) is 37.9 Å². The molecule has 2 N–H and O–H groups in total. The smallest absolute Gasteiger partial charge is 0.321 e. The second kappa shape index (κ2) is 7.77. The zero-order valence-electron chi connectivity index (χ0n) is 13.7. The molecule has 0 unspecified atom stereocenters. The molecule has 3 rings (SSSR count). The molecule has 1 saturated heterocycles. The maximum Gasteiger partial charge on any atom is 0.321 e. The molecule has 124 valence electrons. The molecule has 0 aromatic heterocycles. The summed E-state index contributed by atoms with van der Waals surface area (Å²) in [5.74, 6) is 0.993. The molecule has 0 spiro atoms. The van der Waals surface area contributed by atoms with Crippen molar-refractivity contribution in [2.24, 2.45) is 0 Å². The normalized spacial score (nSPS) is 18.8. The second-order valence-corrected chi connectivity index (χ2v) is 7.12. The lowest BCUT2D eigenvalue weighted by Crippen LogP contribution is -2.27. The number of carbonyl (C=O) groups is 1. The Labute approximate surface area is 142 Å². The Morgan fingerprint density at radius 1 is 1.17 bits per heavy atom. The molecule has 0 atom stereocenters. The van der Waals surface area contributed by atoms with Crippen molar-refractivity contribution in [3.05, 3.63) is 40.4 Å². The average Bonchev–Trinajstić information content (AvgIpc) is 2.88. The van der Waals surface area contributed by atoms with E-state index in [9.17, 15) is 4.79 Å². The minimum Gasteiger partial charge on any atom is -0.391 e. The van der Waals surface area contributed by atoms with Crippen molar-refractivity contribution in [1.82, 2.24) is 10.6 Å². The van der Waals surface area contributed by atoms with Crippen LogP contribution in [0.1, 0.15) is 37.7 Å². The van der Waals surface area contributed by atoms with Gasteiger partial charge in [0.1, 0.15) is 0 Å². The zero-order chi connectivity index (χ0) is 16.1. The maximum absolute atomic E-state index is 11.7. The van der Waals surface area contributed by atoms with E-state index in [2.05, 4.69) is 34.9 Å². The summed E-state index contributed by atoms with van der Waals surface area (Å²) in [5.41, 5.74) is 3.72. The van der Waals surface area contributed by atoms with E-state index < -0.39 is 0 Å². The number of amides is 2. The fourth-order valence-corrected chi connectivity index (χ4v) is 4.34. The number of thioether (sulfide) groups is 1. The van der Waals surface area contributed by atoms with Crippen LogP contribution in [0.3, 0.4) is 0 Å². The number of hydrogen-bond donors (Lipinski definition) is 2. The van der Waals surface area contributed by atoms with Gasteiger partial charge in [-0.25, -0.2) is 4.79 Å². The Hall–Kier alpha value is -1.62. The van der Waals surface area contributed by atoms with Gasteiger partial charge in [0.15, 0.2) is 0 Å². The number of carbonyl (C=O) groups excluding carboxylic acids is 1. The number of benzene rings is 1. The van der Waals surface area contributed by atoms with Gasteiger partial charge in [-0.3, -0.25) is 4.90 Å². The summed E-state index contributed by atoms with van der Waals surface area (Å²) < 4.78 is 0. The highest BCUT2D eigenvalue weighted by molar-refractivity contribution is 8.02. The van der Waals surface area contributed by atoms with Crippen LogP contribution in [0.25, 0.3) is 0 Å². The van der Waals surface area contributed by atoms with Crippen LogP contribution in [0.2, 0.25) is 0 Å². The van der Waals surface area contributed by atoms with Crippen LogP contribution in [0, 0.1) is 0 Å². The quantitative estimate of drug-likeness (QED) is 0.861. The van der Waals surface area contributed by atoms with Crippen molar-refractivity contribution in [3.8, 4) is 0 Å². The van der Waals surface area contributed by atoms with Crippen LogP contribution < -0.4 is 15.5 Å². The Kier molecular flexibility index (Phi) is 5.49. The van der Waals surface area contributed by atoms with E-state index in [-0.39, 0.29) is 6.03 Å². The lowest BCUT2D eigenvalue weighted by molar-refractivity contribution is 0.252. The van der Waals surface area contributed by atoms with E-state index >= 15 is 0 Å². The molecule has 0 saturated carbocycles. The summed E-state index contributed by atoms with van der Waals surface area (Å²) in [6.07, 6.45) is 6.32. The lowest BCUT2D eigenvalue weighted by atomic mass is 10.2. The molecule has 5 heteroatoms. The molecule has 0 radical (unpaired) electrons. The Morgan fingerprint density at radius 2 is 1.96 bits per heavy atom. The molecule has 23 heavy (non-hydrogen) atoms. The minimum absolute atomic E-state index is 0.00870. The summed E-state index contributed by atoms with van der Waals surface area (Å²) in [6, 6.07) is 8.41. The third-order valence-electron chi connectivity index (χ3n) is 4.49. The lowest BCUT2D eigenvalue weighted by Gasteiger charge is -2.15. The highest BCUT2D eigenvalue weighted by Gasteiger charge is 2.20. The average molecular weight is 331 g/mol. The van der Waals surface area contributed by atoms with Gasteiger partial charge in [-0.05, 0) is 43.4 Å². The van der Waals surface area contributed by atoms with Crippen LogP contribution in [-0.2, 0) is 5.75 Å². The fraction of sp³-hybridized carbons (Fsp3) is 0.500. The van der Waals surface area contributed by atoms with E-state index in [0.29, 0.717) is 0 Å². The van der Waals surface area contributed by atoms with Gasteiger partial charge in [-0.1, -0.05) is 18.6 Å². The molecule has 1 aliphatic heterocycles. The maximum atomic E-state index is 11.7. The van der Waals surface area contributed by atoms with E-state index in [1.54, 1.807) is 4.90 Å². The first kappa shape index (κ1) is 16.2. The number of nitrogens with one attached hydrogen (secondary N) is 2.